The zero-order chi connectivity index (χ0) is 17.2. The van der Waals surface area contributed by atoms with E-state index in [0.29, 0.717) is 19.1 Å². The van der Waals surface area contributed by atoms with E-state index in [-0.39, 0.29) is 5.91 Å². The lowest BCUT2D eigenvalue weighted by Crippen LogP contribution is -2.35. The van der Waals surface area contributed by atoms with Crippen LogP contribution < -0.4 is 14.8 Å². The number of carbonyl (C=O) groups excluding carboxylic acids is 1. The summed E-state index contributed by atoms with van der Waals surface area (Å²) in [6, 6.07) is 5.97. The van der Waals surface area contributed by atoms with Crippen molar-refractivity contribution in [3.63, 3.8) is 0 Å². The molecule has 1 aromatic carbocycles. The van der Waals surface area contributed by atoms with E-state index in [4.69, 9.17) is 9.47 Å². The van der Waals surface area contributed by atoms with Crippen LogP contribution in [-0.4, -0.2) is 26.2 Å². The van der Waals surface area contributed by atoms with Gasteiger partial charge in [-0.25, -0.2) is 0 Å². The zero-order valence-corrected chi connectivity index (χ0v) is 15.3. The molecule has 0 radical (unpaired) electrons. The molecule has 5 heteroatoms. The molecule has 0 spiro atoms. The number of hydrogen-bond donors (Lipinski definition) is 1. The molecule has 0 saturated heterocycles. The van der Waals surface area contributed by atoms with Crippen LogP contribution in [0.15, 0.2) is 23.6 Å². The summed E-state index contributed by atoms with van der Waals surface area (Å²) < 4.78 is 11.3. The first-order valence-electron chi connectivity index (χ1n) is 8.92. The predicted octanol–water partition coefficient (Wildman–Crippen LogP) is 3.62. The molecule has 4 rings (SSSR count). The SMILES string of the molecule is COc1cccc2c1OC[C@H](CNC(=O)c1scc3c1CCCC3)C2. The van der Waals surface area contributed by atoms with E-state index in [0.717, 1.165) is 41.2 Å². The predicted molar refractivity (Wildman–Crippen MR) is 99.0 cm³/mol. The molecule has 0 bridgehead atoms. The van der Waals surface area contributed by atoms with E-state index >= 15 is 0 Å². The van der Waals surface area contributed by atoms with Gasteiger partial charge in [0.15, 0.2) is 11.5 Å². The van der Waals surface area contributed by atoms with Gasteiger partial charge in [0.25, 0.3) is 5.91 Å². The molecule has 1 amide bonds. The molecule has 0 unspecified atom stereocenters. The lowest BCUT2D eigenvalue weighted by molar-refractivity contribution is 0.0941. The second-order valence-electron chi connectivity index (χ2n) is 6.82. The second-order valence-corrected chi connectivity index (χ2v) is 7.70. The summed E-state index contributed by atoms with van der Waals surface area (Å²) in [5, 5.41) is 5.29. The van der Waals surface area contributed by atoms with E-state index in [2.05, 4.69) is 16.8 Å². The number of rotatable bonds is 4. The van der Waals surface area contributed by atoms with Crippen LogP contribution in [0.1, 0.15) is 39.2 Å². The summed E-state index contributed by atoms with van der Waals surface area (Å²) >= 11 is 1.59. The number of nitrogens with one attached hydrogen (secondary N) is 1. The number of carbonyl (C=O) groups is 1. The van der Waals surface area contributed by atoms with Crippen LogP contribution >= 0.6 is 11.3 Å². The Labute approximate surface area is 152 Å². The normalized spacial score (nSPS) is 18.7. The summed E-state index contributed by atoms with van der Waals surface area (Å²) in [4.78, 5) is 13.5. The molecule has 1 atom stereocenters. The molecule has 2 aliphatic rings. The van der Waals surface area contributed by atoms with Gasteiger partial charge in [0, 0.05) is 12.5 Å². The average molecular weight is 357 g/mol. The maximum Gasteiger partial charge on any atom is 0.261 e. The Morgan fingerprint density at radius 3 is 3.08 bits per heavy atom. The van der Waals surface area contributed by atoms with Gasteiger partial charge in [-0.2, -0.15) is 0 Å². The van der Waals surface area contributed by atoms with Crippen molar-refractivity contribution in [2.24, 2.45) is 5.92 Å². The van der Waals surface area contributed by atoms with Gasteiger partial charge in [-0.15, -0.1) is 11.3 Å². The second kappa shape index (κ2) is 7.08. The van der Waals surface area contributed by atoms with Crippen molar-refractivity contribution < 1.29 is 14.3 Å². The third-order valence-corrected chi connectivity index (χ3v) is 6.18. The molecular weight excluding hydrogens is 334 g/mol. The molecule has 132 valence electrons. The van der Waals surface area contributed by atoms with Gasteiger partial charge in [-0.1, -0.05) is 12.1 Å². The van der Waals surface area contributed by atoms with Crippen molar-refractivity contribution in [2.75, 3.05) is 20.3 Å². The Balaban J connectivity index is 1.39. The molecule has 1 aliphatic carbocycles. The van der Waals surface area contributed by atoms with E-state index in [1.807, 2.05) is 12.1 Å². The molecule has 0 fully saturated rings. The van der Waals surface area contributed by atoms with Crippen LogP contribution in [0.5, 0.6) is 11.5 Å². The summed E-state index contributed by atoms with van der Waals surface area (Å²) in [7, 11) is 1.66. The topological polar surface area (TPSA) is 47.6 Å². The lowest BCUT2D eigenvalue weighted by Gasteiger charge is -2.26. The van der Waals surface area contributed by atoms with Crippen LogP contribution in [0.25, 0.3) is 0 Å². The number of benzene rings is 1. The van der Waals surface area contributed by atoms with E-state index in [1.165, 1.54) is 24.0 Å². The number of hydrogen-bond acceptors (Lipinski definition) is 4. The van der Waals surface area contributed by atoms with Gasteiger partial charge in [-0.3, -0.25) is 4.79 Å². The van der Waals surface area contributed by atoms with Crippen LogP contribution in [-0.2, 0) is 19.3 Å². The van der Waals surface area contributed by atoms with Gasteiger partial charge in [0.1, 0.15) is 0 Å². The van der Waals surface area contributed by atoms with Gasteiger partial charge in [-0.05, 0) is 60.2 Å². The van der Waals surface area contributed by atoms with Gasteiger partial charge in [0.05, 0.1) is 18.6 Å². The van der Waals surface area contributed by atoms with Crippen LogP contribution in [0, 0.1) is 5.92 Å². The molecular formula is C20H23NO3S. The Morgan fingerprint density at radius 1 is 1.32 bits per heavy atom. The minimum atomic E-state index is 0.0737. The molecule has 2 aromatic rings. The molecule has 1 aromatic heterocycles. The van der Waals surface area contributed by atoms with Crippen LogP contribution in [0.3, 0.4) is 0 Å². The average Bonchev–Trinajstić information content (AvgIpc) is 3.09. The number of para-hydroxylation sites is 1. The molecule has 25 heavy (non-hydrogen) atoms. The summed E-state index contributed by atoms with van der Waals surface area (Å²) in [6.45, 7) is 1.25. The van der Waals surface area contributed by atoms with Crippen molar-refractivity contribution in [1.29, 1.82) is 0 Å². The van der Waals surface area contributed by atoms with Crippen molar-refractivity contribution in [2.45, 2.75) is 32.1 Å². The number of thiophene rings is 1. The maximum absolute atomic E-state index is 12.6. The van der Waals surface area contributed by atoms with Crippen molar-refractivity contribution in [1.82, 2.24) is 5.32 Å². The summed E-state index contributed by atoms with van der Waals surface area (Å²) in [5.74, 6) is 1.99. The Hall–Kier alpha value is -2.01. The highest BCUT2D eigenvalue weighted by Gasteiger charge is 2.25. The van der Waals surface area contributed by atoms with E-state index in [1.54, 1.807) is 18.4 Å². The highest BCUT2D eigenvalue weighted by Crippen LogP contribution is 2.36. The van der Waals surface area contributed by atoms with Crippen LogP contribution in [0.4, 0.5) is 0 Å². The van der Waals surface area contributed by atoms with Gasteiger partial charge in [0.2, 0.25) is 0 Å². The smallest absolute Gasteiger partial charge is 0.261 e. The first-order chi connectivity index (χ1) is 12.3. The fraction of sp³-hybridized carbons (Fsp3) is 0.450. The standard InChI is InChI=1S/C20H23NO3S/c1-23-17-8-4-6-14-9-13(11-24-18(14)17)10-21-20(22)19-16-7-3-2-5-15(16)12-25-19/h4,6,8,12-13H,2-3,5,7,9-11H2,1H3,(H,21,22)/t13-/m0/s1. The quantitative estimate of drug-likeness (QED) is 0.909. The monoisotopic (exact) mass is 357 g/mol. The minimum Gasteiger partial charge on any atom is -0.493 e. The number of aryl methyl sites for hydroxylation is 1. The highest BCUT2D eigenvalue weighted by molar-refractivity contribution is 7.12. The molecule has 4 nitrogen and oxygen atoms in total. The Bertz CT molecular complexity index is 783. The third kappa shape index (κ3) is 3.25. The summed E-state index contributed by atoms with van der Waals surface area (Å²) in [6.07, 6.45) is 5.50. The largest absolute Gasteiger partial charge is 0.493 e. The fourth-order valence-corrected chi connectivity index (χ4v) is 4.85. The number of amides is 1. The minimum absolute atomic E-state index is 0.0737. The van der Waals surface area contributed by atoms with Gasteiger partial charge >= 0.3 is 0 Å². The third-order valence-electron chi connectivity index (χ3n) is 5.11. The highest BCUT2D eigenvalue weighted by atomic mass is 32.1. The van der Waals surface area contributed by atoms with E-state index < -0.39 is 0 Å². The lowest BCUT2D eigenvalue weighted by atomic mass is 9.93. The maximum atomic E-state index is 12.6. The zero-order valence-electron chi connectivity index (χ0n) is 14.5. The van der Waals surface area contributed by atoms with Crippen molar-refractivity contribution in [3.05, 3.63) is 45.1 Å². The number of ether oxygens (including phenoxy) is 2. The molecule has 1 N–H and O–H groups in total. The van der Waals surface area contributed by atoms with E-state index in [9.17, 15) is 4.79 Å². The van der Waals surface area contributed by atoms with Crippen LogP contribution in [0.2, 0.25) is 0 Å². The Kier molecular flexibility index (Phi) is 4.66. The molecule has 1 aliphatic heterocycles. The molecule has 2 heterocycles. The summed E-state index contributed by atoms with van der Waals surface area (Å²) in [5.41, 5.74) is 3.81. The first-order valence-corrected chi connectivity index (χ1v) is 9.80. The first kappa shape index (κ1) is 16.5. The molecule has 0 saturated carbocycles. The fourth-order valence-electron chi connectivity index (χ4n) is 3.78. The van der Waals surface area contributed by atoms with Gasteiger partial charge < -0.3 is 14.8 Å². The van der Waals surface area contributed by atoms with Crippen molar-refractivity contribution >= 4 is 17.2 Å². The van der Waals surface area contributed by atoms with Crippen molar-refractivity contribution in [3.8, 4) is 11.5 Å². The number of methoxy groups -OCH3 is 1. The Morgan fingerprint density at radius 2 is 2.20 bits per heavy atom. The number of fused-ring (bicyclic) bond motifs is 2.